The zero-order chi connectivity index (χ0) is 29.7. The number of halogens is 2. The zero-order valence-electron chi connectivity index (χ0n) is 23.4. The molecule has 12 nitrogen and oxygen atoms in total. The van der Waals surface area contributed by atoms with E-state index < -0.39 is 18.0 Å². The smallest absolute Gasteiger partial charge is 0.407 e. The van der Waals surface area contributed by atoms with Gasteiger partial charge in [0.25, 0.3) is 5.91 Å². The third-order valence-corrected chi connectivity index (χ3v) is 8.79. The normalized spacial score (nSPS) is 20.0. The number of rotatable bonds is 6. The molecule has 0 bridgehead atoms. The van der Waals surface area contributed by atoms with E-state index in [2.05, 4.69) is 14.9 Å². The Morgan fingerprint density at radius 2 is 1.93 bits per heavy atom. The minimum atomic E-state index is -1.02. The first kappa shape index (κ1) is 27.8. The highest BCUT2D eigenvalue weighted by atomic mass is 35.5. The van der Waals surface area contributed by atoms with Crippen molar-refractivity contribution in [2.75, 3.05) is 50.9 Å². The highest BCUT2D eigenvalue weighted by molar-refractivity contribution is 6.31. The van der Waals surface area contributed by atoms with Gasteiger partial charge in [-0.2, -0.15) is 0 Å². The standard InChI is InChI=1S/C29H31ClFN7O5/c30-28-21(3-4-22(34-28)35-9-11-42-12-10-35)43-16-24(39)38-6-5-20-26(37-8-7-36(29(40)41)15-23(37)33-20)27(38)25-19(31)13-18(14-32-25)17-1-2-17/h3-4,13-14,17,27H,1-2,5-12,15-16H2,(H,40,41). The quantitative estimate of drug-likeness (QED) is 0.418. The number of carbonyl (C=O) groups is 2. The lowest BCUT2D eigenvalue weighted by molar-refractivity contribution is -0.135. The molecule has 43 heavy (non-hydrogen) atoms. The van der Waals surface area contributed by atoms with Crippen LogP contribution < -0.4 is 9.64 Å². The van der Waals surface area contributed by atoms with Gasteiger partial charge in [-0.15, -0.1) is 0 Å². The van der Waals surface area contributed by atoms with Crippen LogP contribution in [0.15, 0.2) is 24.4 Å². The molecule has 3 aliphatic heterocycles. The zero-order valence-corrected chi connectivity index (χ0v) is 24.2. The summed E-state index contributed by atoms with van der Waals surface area (Å²) in [4.78, 5) is 44.1. The summed E-state index contributed by atoms with van der Waals surface area (Å²) in [5.74, 6) is 1.03. The third kappa shape index (κ3) is 5.35. The van der Waals surface area contributed by atoms with Crippen LogP contribution in [0.5, 0.6) is 5.75 Å². The number of fused-ring (bicyclic) bond motifs is 3. The fourth-order valence-electron chi connectivity index (χ4n) is 6.13. The Labute approximate surface area is 252 Å². The molecule has 2 amide bonds. The number of carbonyl (C=O) groups excluding carboxylic acids is 1. The molecule has 7 rings (SSSR count). The maximum absolute atomic E-state index is 15.8. The molecule has 1 N–H and O–H groups in total. The van der Waals surface area contributed by atoms with Gasteiger partial charge in [-0.3, -0.25) is 14.7 Å². The third-order valence-electron chi connectivity index (χ3n) is 8.52. The van der Waals surface area contributed by atoms with Gasteiger partial charge in [0.05, 0.1) is 31.1 Å². The Kier molecular flexibility index (Phi) is 7.29. The average Bonchev–Trinajstić information content (AvgIpc) is 3.80. The molecule has 0 radical (unpaired) electrons. The van der Waals surface area contributed by atoms with Crippen molar-refractivity contribution in [3.05, 3.63) is 63.8 Å². The van der Waals surface area contributed by atoms with E-state index in [1.807, 2.05) is 4.57 Å². The molecule has 1 aliphatic carbocycles. The number of hydrogen-bond acceptors (Lipinski definition) is 8. The second kappa shape index (κ2) is 11.3. The number of carboxylic acid groups (broad SMARTS) is 1. The summed E-state index contributed by atoms with van der Waals surface area (Å²) in [6, 6.07) is 4.17. The number of aromatic nitrogens is 4. The SMILES string of the molecule is O=C(O)N1CCn2c(nc3c2C(c2ncc(C4CC4)cc2F)N(C(=O)COc2ccc(N4CCOCC4)nc2Cl)CC3)C1. The van der Waals surface area contributed by atoms with Gasteiger partial charge >= 0.3 is 6.09 Å². The van der Waals surface area contributed by atoms with Crippen molar-refractivity contribution in [2.45, 2.75) is 44.3 Å². The summed E-state index contributed by atoms with van der Waals surface area (Å²) >= 11 is 6.44. The number of anilines is 1. The lowest BCUT2D eigenvalue weighted by Gasteiger charge is -2.37. The number of hydrogen-bond donors (Lipinski definition) is 1. The Hall–Kier alpha value is -3.97. The van der Waals surface area contributed by atoms with E-state index in [9.17, 15) is 14.7 Å². The number of amides is 2. The number of morpholine rings is 1. The summed E-state index contributed by atoms with van der Waals surface area (Å²) in [5.41, 5.74) is 2.38. The maximum atomic E-state index is 15.8. The van der Waals surface area contributed by atoms with Crippen molar-refractivity contribution in [3.8, 4) is 5.75 Å². The largest absolute Gasteiger partial charge is 0.481 e. The molecule has 2 fully saturated rings. The van der Waals surface area contributed by atoms with E-state index in [1.54, 1.807) is 23.2 Å². The first-order chi connectivity index (χ1) is 20.9. The summed E-state index contributed by atoms with van der Waals surface area (Å²) in [7, 11) is 0. The first-order valence-corrected chi connectivity index (χ1v) is 14.9. The predicted molar refractivity (Wildman–Crippen MR) is 152 cm³/mol. The molecule has 4 aliphatic rings. The number of imidazole rings is 1. The number of pyridine rings is 2. The van der Waals surface area contributed by atoms with Gasteiger partial charge in [0.15, 0.2) is 17.5 Å². The van der Waals surface area contributed by atoms with E-state index in [0.29, 0.717) is 62.5 Å². The van der Waals surface area contributed by atoms with Crippen LogP contribution in [0.3, 0.4) is 0 Å². The predicted octanol–water partition coefficient (Wildman–Crippen LogP) is 3.23. The van der Waals surface area contributed by atoms with Crippen LogP contribution in [0.2, 0.25) is 5.15 Å². The molecule has 1 saturated heterocycles. The molecule has 3 aromatic heterocycles. The Balaban J connectivity index is 1.17. The topological polar surface area (TPSA) is 126 Å². The van der Waals surface area contributed by atoms with Crippen molar-refractivity contribution in [2.24, 2.45) is 0 Å². The van der Waals surface area contributed by atoms with Gasteiger partial charge in [0.1, 0.15) is 29.2 Å². The van der Waals surface area contributed by atoms with E-state index >= 15 is 4.39 Å². The highest BCUT2D eigenvalue weighted by Crippen LogP contribution is 2.42. The maximum Gasteiger partial charge on any atom is 0.407 e. The summed E-state index contributed by atoms with van der Waals surface area (Å²) in [6.45, 7) is 3.30. The van der Waals surface area contributed by atoms with E-state index in [1.165, 1.54) is 11.0 Å². The average molecular weight is 612 g/mol. The van der Waals surface area contributed by atoms with Gasteiger partial charge in [-0.25, -0.2) is 19.2 Å². The molecular formula is C29H31ClFN7O5. The molecule has 0 aromatic carbocycles. The van der Waals surface area contributed by atoms with Crippen LogP contribution in [-0.2, 0) is 29.0 Å². The molecule has 1 unspecified atom stereocenters. The van der Waals surface area contributed by atoms with E-state index in [0.717, 1.165) is 24.1 Å². The van der Waals surface area contributed by atoms with Crippen molar-refractivity contribution in [1.82, 2.24) is 29.3 Å². The molecule has 0 spiro atoms. The molecule has 6 heterocycles. The minimum Gasteiger partial charge on any atom is -0.481 e. The second-order valence-electron chi connectivity index (χ2n) is 11.2. The first-order valence-electron chi connectivity index (χ1n) is 14.5. The van der Waals surface area contributed by atoms with Gasteiger partial charge in [0, 0.05) is 45.3 Å². The molecular weight excluding hydrogens is 581 g/mol. The van der Waals surface area contributed by atoms with E-state index in [-0.39, 0.29) is 48.7 Å². The van der Waals surface area contributed by atoms with Gasteiger partial charge in [-0.1, -0.05) is 11.6 Å². The van der Waals surface area contributed by atoms with Gasteiger partial charge < -0.3 is 28.9 Å². The summed E-state index contributed by atoms with van der Waals surface area (Å²) < 4.78 is 28.9. The van der Waals surface area contributed by atoms with Gasteiger partial charge in [-0.05, 0) is 42.5 Å². The van der Waals surface area contributed by atoms with Crippen LogP contribution in [0.4, 0.5) is 15.0 Å². The molecule has 14 heteroatoms. The Bertz CT molecular complexity index is 1570. The molecule has 3 aromatic rings. The van der Waals surface area contributed by atoms with Crippen molar-refractivity contribution in [1.29, 1.82) is 0 Å². The fraction of sp³-hybridized carbons (Fsp3) is 0.483. The highest BCUT2D eigenvalue weighted by Gasteiger charge is 2.41. The van der Waals surface area contributed by atoms with Crippen LogP contribution in [-0.4, -0.2) is 92.4 Å². The van der Waals surface area contributed by atoms with Crippen LogP contribution in [0.1, 0.15) is 53.3 Å². The number of nitrogens with zero attached hydrogens (tertiary/aromatic N) is 7. The van der Waals surface area contributed by atoms with Crippen LogP contribution in [0.25, 0.3) is 0 Å². The lowest BCUT2D eigenvalue weighted by atomic mass is 9.97. The summed E-state index contributed by atoms with van der Waals surface area (Å²) in [6.07, 6.45) is 3.13. The second-order valence-corrected chi connectivity index (χ2v) is 11.6. The fourth-order valence-corrected chi connectivity index (χ4v) is 6.33. The Morgan fingerprint density at radius 3 is 2.65 bits per heavy atom. The minimum absolute atomic E-state index is 0.120. The molecule has 1 saturated carbocycles. The summed E-state index contributed by atoms with van der Waals surface area (Å²) in [5, 5.41) is 9.66. The van der Waals surface area contributed by atoms with Crippen molar-refractivity contribution < 1.29 is 28.6 Å². The van der Waals surface area contributed by atoms with Crippen LogP contribution >= 0.6 is 11.6 Å². The molecule has 226 valence electrons. The van der Waals surface area contributed by atoms with Crippen LogP contribution in [0, 0.1) is 5.82 Å². The van der Waals surface area contributed by atoms with Gasteiger partial charge in [0.2, 0.25) is 0 Å². The van der Waals surface area contributed by atoms with Crippen molar-refractivity contribution >= 4 is 29.4 Å². The molecule has 1 atom stereocenters. The van der Waals surface area contributed by atoms with Crippen molar-refractivity contribution in [3.63, 3.8) is 0 Å². The monoisotopic (exact) mass is 611 g/mol. The number of ether oxygens (including phenoxy) is 2. The Morgan fingerprint density at radius 1 is 1.12 bits per heavy atom. The lowest BCUT2D eigenvalue weighted by Crippen LogP contribution is -2.45. The van der Waals surface area contributed by atoms with E-state index in [4.69, 9.17) is 26.1 Å².